The van der Waals surface area contributed by atoms with Crippen LogP contribution in [0.1, 0.15) is 37.8 Å². The number of fused-ring (bicyclic) bond motifs is 1. The fraction of sp³-hybridized carbons (Fsp3) is 0.355. The summed E-state index contributed by atoms with van der Waals surface area (Å²) < 4.78 is 54.0. The molecule has 3 aromatic carbocycles. The largest absolute Gasteiger partial charge is 0.486 e. The minimum absolute atomic E-state index is 0.0960. The lowest BCUT2D eigenvalue weighted by molar-refractivity contribution is -0.140. The van der Waals surface area contributed by atoms with E-state index in [0.717, 1.165) is 34.0 Å². The highest BCUT2D eigenvalue weighted by atomic mass is 32.2. The summed E-state index contributed by atoms with van der Waals surface area (Å²) in [6, 6.07) is 15.8. The Labute approximate surface area is 246 Å². The van der Waals surface area contributed by atoms with Crippen molar-refractivity contribution < 1.29 is 31.9 Å². The van der Waals surface area contributed by atoms with E-state index in [2.05, 4.69) is 5.32 Å². The van der Waals surface area contributed by atoms with Gasteiger partial charge in [0.15, 0.2) is 11.5 Å². The molecule has 0 spiro atoms. The second-order valence-electron chi connectivity index (χ2n) is 10.0. The molecule has 0 aliphatic carbocycles. The van der Waals surface area contributed by atoms with Gasteiger partial charge in [0.2, 0.25) is 11.8 Å². The topological polar surface area (TPSA) is 105 Å². The van der Waals surface area contributed by atoms with E-state index in [1.807, 2.05) is 38.1 Å². The summed E-state index contributed by atoms with van der Waals surface area (Å²) in [4.78, 5) is 28.6. The monoisotopic (exact) mass is 597 g/mol. The maximum absolute atomic E-state index is 14.1. The van der Waals surface area contributed by atoms with E-state index in [0.29, 0.717) is 25.3 Å². The number of amides is 2. The van der Waals surface area contributed by atoms with Crippen LogP contribution in [0.2, 0.25) is 0 Å². The van der Waals surface area contributed by atoms with Gasteiger partial charge in [-0.15, -0.1) is 0 Å². The lowest BCUT2D eigenvalue weighted by Gasteiger charge is -2.33. The van der Waals surface area contributed by atoms with Crippen LogP contribution in [0.5, 0.6) is 11.5 Å². The van der Waals surface area contributed by atoms with Crippen LogP contribution in [0.4, 0.5) is 10.1 Å². The number of rotatable bonds is 12. The van der Waals surface area contributed by atoms with Gasteiger partial charge in [0.1, 0.15) is 31.6 Å². The zero-order chi connectivity index (χ0) is 30.3. The maximum atomic E-state index is 14.1. The maximum Gasteiger partial charge on any atom is 0.264 e. The lowest BCUT2D eigenvalue weighted by Crippen LogP contribution is -2.52. The average Bonchev–Trinajstić information content (AvgIpc) is 2.98. The van der Waals surface area contributed by atoms with Crippen molar-refractivity contribution in [2.45, 2.75) is 51.1 Å². The average molecular weight is 598 g/mol. The van der Waals surface area contributed by atoms with Crippen LogP contribution in [-0.2, 0) is 26.2 Å². The number of carbonyl (C=O) groups excluding carboxylic acids is 2. The molecule has 4 rings (SSSR count). The third-order valence-electron chi connectivity index (χ3n) is 6.87. The quantitative estimate of drug-likeness (QED) is 0.331. The van der Waals surface area contributed by atoms with Gasteiger partial charge in [0, 0.05) is 19.2 Å². The molecular weight excluding hydrogens is 561 g/mol. The number of carbonyl (C=O) groups is 2. The van der Waals surface area contributed by atoms with Crippen LogP contribution >= 0.6 is 0 Å². The standard InChI is InChI=1S/C31H36FN3O6S/c1-4-15-33-31(37)27(5-2)34(20-23-8-6-7-22(3)18-23)30(36)21-35(25-11-9-24(32)10-12-25)42(38,39)26-13-14-28-29(19-26)41-17-16-40-28/h6-14,18-19,27H,4-5,15-17,20-21H2,1-3H3,(H,33,37). The van der Waals surface area contributed by atoms with Crippen molar-refractivity contribution in [1.82, 2.24) is 10.2 Å². The number of anilines is 1. The molecular formula is C31H36FN3O6S. The molecule has 1 aliphatic rings. The van der Waals surface area contributed by atoms with Crippen LogP contribution in [0, 0.1) is 12.7 Å². The van der Waals surface area contributed by atoms with Crippen LogP contribution in [0.25, 0.3) is 0 Å². The SMILES string of the molecule is CCCNC(=O)C(CC)N(Cc1cccc(C)c1)C(=O)CN(c1ccc(F)cc1)S(=O)(=O)c1ccc2c(c1)OCCO2. The van der Waals surface area contributed by atoms with Crippen molar-refractivity contribution in [3.8, 4) is 11.5 Å². The normalized spacial score (nSPS) is 13.2. The molecule has 0 bridgehead atoms. The first-order valence-corrected chi connectivity index (χ1v) is 15.4. The Bertz CT molecular complexity index is 1510. The van der Waals surface area contributed by atoms with Gasteiger partial charge in [0.05, 0.1) is 10.6 Å². The minimum Gasteiger partial charge on any atom is -0.486 e. The highest BCUT2D eigenvalue weighted by Gasteiger charge is 2.34. The summed E-state index contributed by atoms with van der Waals surface area (Å²) in [5.41, 5.74) is 1.88. The van der Waals surface area contributed by atoms with Crippen molar-refractivity contribution in [1.29, 1.82) is 0 Å². The first-order chi connectivity index (χ1) is 20.1. The number of sulfonamides is 1. The first kappa shape index (κ1) is 30.8. The summed E-state index contributed by atoms with van der Waals surface area (Å²) in [7, 11) is -4.35. The lowest BCUT2D eigenvalue weighted by atomic mass is 10.1. The number of hydrogen-bond donors (Lipinski definition) is 1. The molecule has 0 aromatic heterocycles. The van der Waals surface area contributed by atoms with E-state index in [1.54, 1.807) is 6.92 Å². The van der Waals surface area contributed by atoms with E-state index < -0.39 is 34.3 Å². The van der Waals surface area contributed by atoms with Gasteiger partial charge < -0.3 is 19.7 Å². The predicted octanol–water partition coefficient (Wildman–Crippen LogP) is 4.43. The molecule has 1 aliphatic heterocycles. The Hall–Kier alpha value is -4.12. The molecule has 0 saturated heterocycles. The van der Waals surface area contributed by atoms with Crippen LogP contribution in [-0.4, -0.2) is 57.5 Å². The first-order valence-electron chi connectivity index (χ1n) is 13.9. The summed E-state index contributed by atoms with van der Waals surface area (Å²) in [5, 5.41) is 2.86. The molecule has 3 aromatic rings. The molecule has 9 nitrogen and oxygen atoms in total. The van der Waals surface area contributed by atoms with E-state index >= 15 is 0 Å². The summed E-state index contributed by atoms with van der Waals surface area (Å²) in [5.74, 6) is -0.768. The molecule has 224 valence electrons. The highest BCUT2D eigenvalue weighted by molar-refractivity contribution is 7.92. The van der Waals surface area contributed by atoms with Gasteiger partial charge in [0.25, 0.3) is 10.0 Å². The molecule has 1 N–H and O–H groups in total. The Morgan fingerprint density at radius 3 is 2.36 bits per heavy atom. The van der Waals surface area contributed by atoms with Crippen molar-refractivity contribution in [3.05, 3.63) is 83.7 Å². The fourth-order valence-electron chi connectivity index (χ4n) is 4.74. The molecule has 2 amide bonds. The van der Waals surface area contributed by atoms with Crippen molar-refractivity contribution in [2.75, 3.05) is 30.6 Å². The van der Waals surface area contributed by atoms with Gasteiger partial charge in [-0.05, 0) is 61.7 Å². The van der Waals surface area contributed by atoms with Crippen molar-refractivity contribution in [3.63, 3.8) is 0 Å². The zero-order valence-corrected chi connectivity index (χ0v) is 24.8. The van der Waals surface area contributed by atoms with Gasteiger partial charge >= 0.3 is 0 Å². The number of halogens is 1. The van der Waals surface area contributed by atoms with E-state index in [9.17, 15) is 22.4 Å². The number of nitrogens with one attached hydrogen (secondary N) is 1. The van der Waals surface area contributed by atoms with E-state index in [1.165, 1.54) is 35.2 Å². The molecule has 1 heterocycles. The molecule has 11 heteroatoms. The molecule has 0 radical (unpaired) electrons. The Morgan fingerprint density at radius 2 is 1.69 bits per heavy atom. The van der Waals surface area contributed by atoms with Gasteiger partial charge in [-0.1, -0.05) is 43.7 Å². The van der Waals surface area contributed by atoms with Gasteiger partial charge in [-0.2, -0.15) is 0 Å². The molecule has 0 saturated carbocycles. The van der Waals surface area contributed by atoms with Gasteiger partial charge in [-0.3, -0.25) is 13.9 Å². The number of hydrogen-bond acceptors (Lipinski definition) is 6. The van der Waals surface area contributed by atoms with Crippen molar-refractivity contribution >= 4 is 27.5 Å². The number of nitrogens with zero attached hydrogens (tertiary/aromatic N) is 2. The third-order valence-corrected chi connectivity index (χ3v) is 8.64. The zero-order valence-electron chi connectivity index (χ0n) is 24.0. The molecule has 42 heavy (non-hydrogen) atoms. The number of benzene rings is 3. The van der Waals surface area contributed by atoms with E-state index in [-0.39, 0.29) is 35.4 Å². The van der Waals surface area contributed by atoms with Crippen molar-refractivity contribution in [2.24, 2.45) is 0 Å². The second kappa shape index (κ2) is 13.7. The molecule has 1 atom stereocenters. The minimum atomic E-state index is -4.35. The van der Waals surface area contributed by atoms with Crippen LogP contribution < -0.4 is 19.1 Å². The fourth-order valence-corrected chi connectivity index (χ4v) is 6.17. The Balaban J connectivity index is 1.74. The molecule has 0 fully saturated rings. The molecule has 1 unspecified atom stereocenters. The van der Waals surface area contributed by atoms with Crippen LogP contribution in [0.3, 0.4) is 0 Å². The summed E-state index contributed by atoms with van der Waals surface area (Å²) >= 11 is 0. The summed E-state index contributed by atoms with van der Waals surface area (Å²) in [6.45, 7) is 6.20. The van der Waals surface area contributed by atoms with E-state index in [4.69, 9.17) is 9.47 Å². The number of ether oxygens (including phenoxy) is 2. The smallest absolute Gasteiger partial charge is 0.264 e. The Kier molecular flexibility index (Phi) is 10.1. The second-order valence-corrected chi connectivity index (χ2v) is 11.9. The third kappa shape index (κ3) is 7.20. The highest BCUT2D eigenvalue weighted by Crippen LogP contribution is 2.34. The van der Waals surface area contributed by atoms with Crippen LogP contribution in [0.15, 0.2) is 71.6 Å². The number of aryl methyl sites for hydroxylation is 1. The summed E-state index contributed by atoms with van der Waals surface area (Å²) in [6.07, 6.45) is 1.04. The van der Waals surface area contributed by atoms with Gasteiger partial charge in [-0.25, -0.2) is 12.8 Å². The Morgan fingerprint density at radius 1 is 0.976 bits per heavy atom. The predicted molar refractivity (Wildman–Crippen MR) is 157 cm³/mol.